The van der Waals surface area contributed by atoms with Crippen molar-refractivity contribution in [3.8, 4) is 0 Å². The van der Waals surface area contributed by atoms with E-state index >= 15 is 0 Å². The highest BCUT2D eigenvalue weighted by atomic mass is 16.5. The van der Waals surface area contributed by atoms with Crippen molar-refractivity contribution < 1.29 is 9.53 Å². The van der Waals surface area contributed by atoms with E-state index in [-0.39, 0.29) is 18.0 Å². The van der Waals surface area contributed by atoms with E-state index in [9.17, 15) is 4.79 Å². The van der Waals surface area contributed by atoms with Gasteiger partial charge in [-0.15, -0.1) is 0 Å². The van der Waals surface area contributed by atoms with E-state index in [0.717, 1.165) is 38.0 Å². The summed E-state index contributed by atoms with van der Waals surface area (Å²) in [5, 5.41) is 6.41. The summed E-state index contributed by atoms with van der Waals surface area (Å²) in [6, 6.07) is 8.14. The molecule has 4 heteroatoms. The summed E-state index contributed by atoms with van der Waals surface area (Å²) < 4.78 is 5.40. The third-order valence-corrected chi connectivity index (χ3v) is 3.88. The first-order chi connectivity index (χ1) is 9.34. The highest BCUT2D eigenvalue weighted by Gasteiger charge is 2.27. The van der Waals surface area contributed by atoms with E-state index in [1.54, 1.807) is 0 Å². The number of rotatable bonds is 2. The largest absolute Gasteiger partial charge is 0.379 e. The van der Waals surface area contributed by atoms with E-state index in [2.05, 4.69) is 16.7 Å². The Hall–Kier alpha value is -1.39. The Labute approximate surface area is 113 Å². The minimum Gasteiger partial charge on any atom is -0.379 e. The number of benzene rings is 1. The molecule has 0 spiro atoms. The first-order valence-corrected chi connectivity index (χ1v) is 7.04. The highest BCUT2D eigenvalue weighted by Crippen LogP contribution is 2.23. The van der Waals surface area contributed by atoms with E-state index in [1.165, 1.54) is 5.56 Å². The average Bonchev–Trinajstić information content (AvgIpc) is 2.47. The topological polar surface area (TPSA) is 50.4 Å². The van der Waals surface area contributed by atoms with Gasteiger partial charge in [-0.3, -0.25) is 4.79 Å². The molecular weight excluding hydrogens is 240 g/mol. The second-order valence-electron chi connectivity index (χ2n) is 5.26. The molecule has 0 aromatic heterocycles. The van der Waals surface area contributed by atoms with Crippen LogP contribution in [0.4, 0.5) is 0 Å². The Morgan fingerprint density at radius 2 is 2.26 bits per heavy atom. The van der Waals surface area contributed by atoms with Gasteiger partial charge in [0.05, 0.1) is 12.6 Å². The molecule has 1 aromatic rings. The van der Waals surface area contributed by atoms with Gasteiger partial charge in [-0.2, -0.15) is 0 Å². The van der Waals surface area contributed by atoms with Crippen molar-refractivity contribution in [2.24, 2.45) is 0 Å². The molecule has 3 rings (SSSR count). The summed E-state index contributed by atoms with van der Waals surface area (Å²) in [7, 11) is 0. The van der Waals surface area contributed by atoms with Crippen LogP contribution < -0.4 is 10.6 Å². The van der Waals surface area contributed by atoms with Crippen LogP contribution in [0.15, 0.2) is 24.3 Å². The van der Waals surface area contributed by atoms with Gasteiger partial charge in [0.2, 0.25) is 5.91 Å². The lowest BCUT2D eigenvalue weighted by molar-refractivity contribution is -0.125. The van der Waals surface area contributed by atoms with Crippen molar-refractivity contribution in [2.45, 2.75) is 31.3 Å². The molecular formula is C15H20N2O2. The lowest BCUT2D eigenvalue weighted by Gasteiger charge is -2.29. The molecule has 19 heavy (non-hydrogen) atoms. The summed E-state index contributed by atoms with van der Waals surface area (Å²) in [5.41, 5.74) is 2.39. The van der Waals surface area contributed by atoms with Gasteiger partial charge in [0.1, 0.15) is 6.04 Å². The van der Waals surface area contributed by atoms with Crippen LogP contribution in [0.1, 0.15) is 30.0 Å². The van der Waals surface area contributed by atoms with Crippen molar-refractivity contribution in [3.63, 3.8) is 0 Å². The Bertz CT molecular complexity index is 455. The fourth-order valence-electron chi connectivity index (χ4n) is 2.88. The number of nitrogens with one attached hydrogen (secondary N) is 2. The smallest absolute Gasteiger partial charge is 0.242 e. The molecule has 2 N–H and O–H groups in total. The summed E-state index contributed by atoms with van der Waals surface area (Å²) in [4.78, 5) is 12.4. The lowest BCUT2D eigenvalue weighted by Crippen LogP contribution is -2.47. The van der Waals surface area contributed by atoms with Crippen LogP contribution in [-0.2, 0) is 16.0 Å². The molecule has 2 aliphatic heterocycles. The van der Waals surface area contributed by atoms with Gasteiger partial charge in [0.25, 0.3) is 0 Å². The number of hydrogen-bond acceptors (Lipinski definition) is 3. The van der Waals surface area contributed by atoms with Crippen LogP contribution in [-0.4, -0.2) is 31.7 Å². The number of ether oxygens (including phenoxy) is 1. The number of carbonyl (C=O) groups excluding carboxylic acids is 1. The first-order valence-electron chi connectivity index (χ1n) is 7.04. The Kier molecular flexibility index (Phi) is 3.80. The molecule has 1 saturated heterocycles. The molecule has 0 aliphatic carbocycles. The second kappa shape index (κ2) is 5.72. The third kappa shape index (κ3) is 2.80. The van der Waals surface area contributed by atoms with E-state index < -0.39 is 0 Å². The number of fused-ring (bicyclic) bond motifs is 1. The van der Waals surface area contributed by atoms with Crippen LogP contribution in [0.3, 0.4) is 0 Å². The summed E-state index contributed by atoms with van der Waals surface area (Å²) in [6.45, 7) is 2.31. The SMILES string of the molecule is O=C(NC1CCCOC1)C1NCCc2ccccc21. The minimum atomic E-state index is -0.216. The van der Waals surface area contributed by atoms with Gasteiger partial charge < -0.3 is 15.4 Å². The van der Waals surface area contributed by atoms with Crippen LogP contribution >= 0.6 is 0 Å². The molecule has 0 saturated carbocycles. The molecule has 2 heterocycles. The lowest BCUT2D eigenvalue weighted by atomic mass is 9.93. The number of carbonyl (C=O) groups is 1. The minimum absolute atomic E-state index is 0.0719. The van der Waals surface area contributed by atoms with Gasteiger partial charge in [-0.1, -0.05) is 24.3 Å². The van der Waals surface area contributed by atoms with Crippen molar-refractivity contribution in [3.05, 3.63) is 35.4 Å². The summed E-state index contributed by atoms with van der Waals surface area (Å²) in [6.07, 6.45) is 3.03. The zero-order chi connectivity index (χ0) is 13.1. The molecule has 0 radical (unpaired) electrons. The number of hydrogen-bond donors (Lipinski definition) is 2. The molecule has 2 atom stereocenters. The van der Waals surface area contributed by atoms with E-state index in [4.69, 9.17) is 4.74 Å². The molecule has 102 valence electrons. The Morgan fingerprint density at radius 3 is 3.11 bits per heavy atom. The fraction of sp³-hybridized carbons (Fsp3) is 0.533. The zero-order valence-corrected chi connectivity index (χ0v) is 11.0. The molecule has 0 bridgehead atoms. The molecule has 2 aliphatic rings. The van der Waals surface area contributed by atoms with Crippen LogP contribution in [0.25, 0.3) is 0 Å². The standard InChI is InChI=1S/C15H20N2O2/c18-15(17-12-5-3-9-19-10-12)14-13-6-2-1-4-11(13)7-8-16-14/h1-2,4,6,12,14,16H,3,5,7-10H2,(H,17,18). The van der Waals surface area contributed by atoms with Crippen molar-refractivity contribution in [1.29, 1.82) is 0 Å². The third-order valence-electron chi connectivity index (χ3n) is 3.88. The van der Waals surface area contributed by atoms with Gasteiger partial charge in [0, 0.05) is 13.2 Å². The van der Waals surface area contributed by atoms with Gasteiger partial charge in [0.15, 0.2) is 0 Å². The van der Waals surface area contributed by atoms with E-state index in [0.29, 0.717) is 6.61 Å². The van der Waals surface area contributed by atoms with E-state index in [1.807, 2.05) is 18.2 Å². The molecule has 1 aromatic carbocycles. The number of amides is 1. The Balaban J connectivity index is 1.70. The normalized spacial score (nSPS) is 26.5. The molecule has 2 unspecified atom stereocenters. The predicted octanol–water partition coefficient (Wildman–Crippen LogP) is 1.17. The molecule has 4 nitrogen and oxygen atoms in total. The maximum absolute atomic E-state index is 12.4. The van der Waals surface area contributed by atoms with Crippen molar-refractivity contribution >= 4 is 5.91 Å². The van der Waals surface area contributed by atoms with Gasteiger partial charge >= 0.3 is 0 Å². The quantitative estimate of drug-likeness (QED) is 0.839. The second-order valence-corrected chi connectivity index (χ2v) is 5.26. The fourth-order valence-corrected chi connectivity index (χ4v) is 2.88. The van der Waals surface area contributed by atoms with Crippen LogP contribution in [0.5, 0.6) is 0 Å². The van der Waals surface area contributed by atoms with Crippen LogP contribution in [0, 0.1) is 0 Å². The summed E-state index contributed by atoms with van der Waals surface area (Å²) in [5.74, 6) is 0.0719. The Morgan fingerprint density at radius 1 is 1.37 bits per heavy atom. The maximum atomic E-state index is 12.4. The highest BCUT2D eigenvalue weighted by molar-refractivity contribution is 5.84. The average molecular weight is 260 g/mol. The van der Waals surface area contributed by atoms with Gasteiger partial charge in [-0.05, 0) is 30.4 Å². The molecule has 1 fully saturated rings. The van der Waals surface area contributed by atoms with Crippen molar-refractivity contribution in [2.75, 3.05) is 19.8 Å². The van der Waals surface area contributed by atoms with Gasteiger partial charge in [-0.25, -0.2) is 0 Å². The zero-order valence-electron chi connectivity index (χ0n) is 11.0. The maximum Gasteiger partial charge on any atom is 0.242 e. The monoisotopic (exact) mass is 260 g/mol. The predicted molar refractivity (Wildman–Crippen MR) is 72.9 cm³/mol. The van der Waals surface area contributed by atoms with Crippen molar-refractivity contribution in [1.82, 2.24) is 10.6 Å². The molecule has 1 amide bonds. The van der Waals surface area contributed by atoms with Crippen LogP contribution in [0.2, 0.25) is 0 Å². The first kappa shape index (κ1) is 12.6. The summed E-state index contributed by atoms with van der Waals surface area (Å²) >= 11 is 0.